The monoisotopic (exact) mass is 214 g/mol. The number of hydrogen-bond acceptors (Lipinski definition) is 3. The van der Waals surface area contributed by atoms with Crippen molar-refractivity contribution in [3.05, 3.63) is 30.1 Å². The summed E-state index contributed by atoms with van der Waals surface area (Å²) < 4.78 is 13.1. The molecule has 3 nitrogen and oxygen atoms in total. The molecule has 4 N–H and O–H groups in total. The van der Waals surface area contributed by atoms with Gasteiger partial charge in [0.1, 0.15) is 5.82 Å². The number of primary amides is 1. The van der Waals surface area contributed by atoms with E-state index in [-0.39, 0.29) is 11.6 Å². The lowest BCUT2D eigenvalue weighted by atomic mass is 10.3. The van der Waals surface area contributed by atoms with Gasteiger partial charge in [0.15, 0.2) is 0 Å². The molecule has 1 rings (SSSR count). The Hall–Kier alpha value is -1.07. The van der Waals surface area contributed by atoms with Crippen LogP contribution in [0.5, 0.6) is 0 Å². The normalized spacial score (nSPS) is 12.4. The van der Waals surface area contributed by atoms with Gasteiger partial charge in [0.05, 0.1) is 6.04 Å². The second kappa shape index (κ2) is 4.97. The minimum Gasteiger partial charge on any atom is -0.368 e. The van der Waals surface area contributed by atoms with E-state index in [1.165, 1.54) is 17.8 Å². The molecule has 1 amide bonds. The summed E-state index contributed by atoms with van der Waals surface area (Å²) in [6, 6.07) is 5.58. The van der Waals surface area contributed by atoms with Gasteiger partial charge in [-0.2, -0.15) is 0 Å². The highest BCUT2D eigenvalue weighted by Crippen LogP contribution is 2.21. The summed E-state index contributed by atoms with van der Waals surface area (Å²) in [7, 11) is 0. The van der Waals surface area contributed by atoms with Crippen molar-refractivity contribution in [1.29, 1.82) is 0 Å². The third-order valence-corrected chi connectivity index (χ3v) is 2.79. The zero-order valence-corrected chi connectivity index (χ0v) is 8.26. The summed E-state index contributed by atoms with van der Waals surface area (Å²) in [5, 5.41) is 0. The Kier molecular flexibility index (Phi) is 3.91. The smallest absolute Gasteiger partial charge is 0.235 e. The lowest BCUT2D eigenvalue weighted by Crippen LogP contribution is -2.38. The fourth-order valence-corrected chi connectivity index (χ4v) is 1.73. The Bertz CT molecular complexity index is 332. The zero-order valence-electron chi connectivity index (χ0n) is 7.44. The summed E-state index contributed by atoms with van der Waals surface area (Å²) in [6.07, 6.45) is 0. The first-order valence-electron chi connectivity index (χ1n) is 4.03. The molecule has 0 fully saturated rings. The number of rotatable bonds is 4. The molecule has 0 bridgehead atoms. The van der Waals surface area contributed by atoms with E-state index in [4.69, 9.17) is 11.5 Å². The van der Waals surface area contributed by atoms with Crippen molar-refractivity contribution in [3.63, 3.8) is 0 Å². The number of amides is 1. The van der Waals surface area contributed by atoms with Gasteiger partial charge in [0.25, 0.3) is 0 Å². The van der Waals surface area contributed by atoms with Crippen LogP contribution in [0.1, 0.15) is 0 Å². The van der Waals surface area contributed by atoms with Gasteiger partial charge in [0.2, 0.25) is 5.91 Å². The van der Waals surface area contributed by atoms with Crippen LogP contribution in [0.25, 0.3) is 0 Å². The number of benzene rings is 1. The van der Waals surface area contributed by atoms with Crippen LogP contribution in [0.2, 0.25) is 0 Å². The maximum Gasteiger partial charge on any atom is 0.235 e. The average molecular weight is 214 g/mol. The fourth-order valence-electron chi connectivity index (χ4n) is 0.823. The van der Waals surface area contributed by atoms with E-state index in [0.717, 1.165) is 0 Å². The molecule has 5 heteroatoms. The Morgan fingerprint density at radius 2 is 2.14 bits per heavy atom. The molecule has 0 spiro atoms. The molecule has 0 aromatic heterocycles. The molecule has 0 saturated carbocycles. The van der Waals surface area contributed by atoms with E-state index < -0.39 is 11.9 Å². The second-order valence-corrected chi connectivity index (χ2v) is 3.81. The van der Waals surface area contributed by atoms with Gasteiger partial charge in [-0.25, -0.2) is 4.39 Å². The third kappa shape index (κ3) is 3.01. The molecule has 0 aliphatic rings. The Morgan fingerprint density at radius 3 is 2.71 bits per heavy atom. The molecule has 0 radical (unpaired) electrons. The quantitative estimate of drug-likeness (QED) is 0.726. The van der Waals surface area contributed by atoms with Crippen LogP contribution >= 0.6 is 11.8 Å². The fraction of sp³-hybridized carbons (Fsp3) is 0.222. The van der Waals surface area contributed by atoms with Crippen LogP contribution in [0.4, 0.5) is 4.39 Å². The molecule has 76 valence electrons. The third-order valence-electron chi connectivity index (χ3n) is 1.62. The molecule has 1 unspecified atom stereocenters. The van der Waals surface area contributed by atoms with Crippen molar-refractivity contribution in [2.75, 3.05) is 5.75 Å². The number of thioether (sulfide) groups is 1. The van der Waals surface area contributed by atoms with Crippen molar-refractivity contribution in [1.82, 2.24) is 0 Å². The molecule has 1 atom stereocenters. The number of hydrogen-bond donors (Lipinski definition) is 2. The van der Waals surface area contributed by atoms with Gasteiger partial charge in [0, 0.05) is 10.6 Å². The summed E-state index contributed by atoms with van der Waals surface area (Å²) in [5.41, 5.74) is 10.4. The molecule has 0 aliphatic heterocycles. The molecular formula is C9H11FN2OS. The van der Waals surface area contributed by atoms with Gasteiger partial charge in [-0.1, -0.05) is 12.1 Å². The molecule has 14 heavy (non-hydrogen) atoms. The van der Waals surface area contributed by atoms with E-state index in [1.807, 2.05) is 0 Å². The van der Waals surface area contributed by atoms with Crippen LogP contribution in [0, 0.1) is 5.82 Å². The van der Waals surface area contributed by atoms with Gasteiger partial charge in [-0.15, -0.1) is 11.8 Å². The maximum atomic E-state index is 13.1. The highest BCUT2D eigenvalue weighted by molar-refractivity contribution is 7.99. The summed E-state index contributed by atoms with van der Waals surface area (Å²) in [6.45, 7) is 0. The highest BCUT2D eigenvalue weighted by atomic mass is 32.2. The first-order chi connectivity index (χ1) is 6.61. The molecule has 0 aliphatic carbocycles. The predicted molar refractivity (Wildman–Crippen MR) is 54.3 cm³/mol. The van der Waals surface area contributed by atoms with Gasteiger partial charge in [-0.05, 0) is 12.1 Å². The standard InChI is InChI=1S/C9H11FN2OS/c10-6-3-1-2-4-8(6)14-5-7(11)9(12)13/h1-4,7H,5,11H2,(H2,12,13). The molecule has 1 aromatic carbocycles. The Morgan fingerprint density at radius 1 is 1.50 bits per heavy atom. The first-order valence-corrected chi connectivity index (χ1v) is 5.02. The SMILES string of the molecule is NC(=O)C(N)CSc1ccccc1F. The lowest BCUT2D eigenvalue weighted by Gasteiger charge is -2.06. The van der Waals surface area contributed by atoms with Crippen molar-refractivity contribution in [2.45, 2.75) is 10.9 Å². The molecule has 1 aromatic rings. The average Bonchev–Trinajstić information content (AvgIpc) is 2.16. The number of halogens is 1. The van der Waals surface area contributed by atoms with Crippen LogP contribution < -0.4 is 11.5 Å². The van der Waals surface area contributed by atoms with Crippen molar-refractivity contribution in [2.24, 2.45) is 11.5 Å². The zero-order chi connectivity index (χ0) is 10.6. The van der Waals surface area contributed by atoms with E-state index in [0.29, 0.717) is 4.90 Å². The molecule has 0 saturated heterocycles. The van der Waals surface area contributed by atoms with Crippen molar-refractivity contribution < 1.29 is 9.18 Å². The topological polar surface area (TPSA) is 69.1 Å². The number of nitrogens with two attached hydrogens (primary N) is 2. The number of carbonyl (C=O) groups excluding carboxylic acids is 1. The van der Waals surface area contributed by atoms with Crippen LogP contribution in [-0.4, -0.2) is 17.7 Å². The van der Waals surface area contributed by atoms with E-state index in [2.05, 4.69) is 0 Å². The largest absolute Gasteiger partial charge is 0.368 e. The van der Waals surface area contributed by atoms with E-state index in [1.54, 1.807) is 18.2 Å². The summed E-state index contributed by atoms with van der Waals surface area (Å²) in [4.78, 5) is 11.1. The van der Waals surface area contributed by atoms with E-state index >= 15 is 0 Å². The van der Waals surface area contributed by atoms with E-state index in [9.17, 15) is 9.18 Å². The Balaban J connectivity index is 2.54. The summed E-state index contributed by atoms with van der Waals surface area (Å²) in [5.74, 6) is -0.598. The predicted octanol–water partition coefficient (Wildman–Crippen LogP) is 0.730. The maximum absolute atomic E-state index is 13.1. The molecular weight excluding hydrogens is 203 g/mol. The van der Waals surface area contributed by atoms with Gasteiger partial charge in [-0.3, -0.25) is 4.79 Å². The highest BCUT2D eigenvalue weighted by Gasteiger charge is 2.10. The van der Waals surface area contributed by atoms with Crippen LogP contribution in [0.15, 0.2) is 29.2 Å². The first kappa shape index (κ1) is 11.0. The minimum absolute atomic E-state index is 0.288. The molecule has 0 heterocycles. The lowest BCUT2D eigenvalue weighted by molar-refractivity contribution is -0.118. The Labute approximate surface area is 85.7 Å². The summed E-state index contributed by atoms with van der Waals surface area (Å²) >= 11 is 1.18. The van der Waals surface area contributed by atoms with Crippen molar-refractivity contribution >= 4 is 17.7 Å². The van der Waals surface area contributed by atoms with Crippen LogP contribution in [-0.2, 0) is 4.79 Å². The van der Waals surface area contributed by atoms with Gasteiger partial charge < -0.3 is 11.5 Å². The minimum atomic E-state index is -0.736. The van der Waals surface area contributed by atoms with Crippen LogP contribution in [0.3, 0.4) is 0 Å². The van der Waals surface area contributed by atoms with Crippen molar-refractivity contribution in [3.8, 4) is 0 Å². The second-order valence-electron chi connectivity index (χ2n) is 2.75. The van der Waals surface area contributed by atoms with Gasteiger partial charge >= 0.3 is 0 Å². The number of carbonyl (C=O) groups is 1.